The standard InChI is InChI=1S/C16H15F3N2O4S/c1-20-26(23,24)10-4-6-14(25-2)12(8-10)16(22)21-9-3-5-13(17)11(7-9)15(18)19/h3-8,15,20H,1-2H3,(H,21,22). The number of carbonyl (C=O) groups excluding carboxylic acids is 1. The van der Waals surface area contributed by atoms with E-state index in [-0.39, 0.29) is 21.9 Å². The number of benzene rings is 2. The minimum absolute atomic E-state index is 0.0735. The Balaban J connectivity index is 2.40. The fourth-order valence-corrected chi connectivity index (χ4v) is 2.89. The first-order valence-electron chi connectivity index (χ1n) is 7.20. The molecule has 0 heterocycles. The van der Waals surface area contributed by atoms with Crippen LogP contribution in [0.5, 0.6) is 5.75 Å². The molecule has 2 aromatic carbocycles. The molecule has 2 rings (SSSR count). The molecular weight excluding hydrogens is 373 g/mol. The van der Waals surface area contributed by atoms with Crippen molar-refractivity contribution in [2.24, 2.45) is 0 Å². The fraction of sp³-hybridized carbons (Fsp3) is 0.188. The van der Waals surface area contributed by atoms with Crippen LogP contribution in [0.4, 0.5) is 18.9 Å². The summed E-state index contributed by atoms with van der Waals surface area (Å²) in [4.78, 5) is 12.3. The van der Waals surface area contributed by atoms with Crippen LogP contribution in [-0.2, 0) is 10.0 Å². The van der Waals surface area contributed by atoms with E-state index in [1.54, 1.807) is 0 Å². The summed E-state index contributed by atoms with van der Waals surface area (Å²) in [6.45, 7) is 0. The molecule has 0 aliphatic carbocycles. The number of ether oxygens (including phenoxy) is 1. The largest absolute Gasteiger partial charge is 0.496 e. The van der Waals surface area contributed by atoms with Crippen LogP contribution in [-0.4, -0.2) is 28.5 Å². The number of nitrogens with one attached hydrogen (secondary N) is 2. The molecular formula is C16H15F3N2O4S. The molecule has 140 valence electrons. The molecule has 6 nitrogen and oxygen atoms in total. The van der Waals surface area contributed by atoms with E-state index in [0.29, 0.717) is 0 Å². The SMILES string of the molecule is CNS(=O)(=O)c1ccc(OC)c(C(=O)Nc2ccc(F)c(C(F)F)c2)c1. The van der Waals surface area contributed by atoms with Crippen molar-refractivity contribution in [3.63, 3.8) is 0 Å². The lowest BCUT2D eigenvalue weighted by atomic mass is 10.1. The molecule has 2 aromatic rings. The summed E-state index contributed by atoms with van der Waals surface area (Å²) in [6.07, 6.45) is -3.05. The molecule has 0 unspecified atom stereocenters. The maximum absolute atomic E-state index is 13.3. The van der Waals surface area contributed by atoms with Crippen molar-refractivity contribution in [2.45, 2.75) is 11.3 Å². The number of carbonyl (C=O) groups is 1. The normalized spacial score (nSPS) is 11.5. The molecule has 0 spiro atoms. The Morgan fingerprint density at radius 1 is 1.15 bits per heavy atom. The van der Waals surface area contributed by atoms with Gasteiger partial charge in [0.15, 0.2) is 0 Å². The second-order valence-corrected chi connectivity index (χ2v) is 6.95. The van der Waals surface area contributed by atoms with E-state index in [1.165, 1.54) is 26.3 Å². The quantitative estimate of drug-likeness (QED) is 0.797. The van der Waals surface area contributed by atoms with Gasteiger partial charge in [0.2, 0.25) is 10.0 Å². The Hall–Kier alpha value is -2.59. The van der Waals surface area contributed by atoms with Crippen molar-refractivity contribution in [1.82, 2.24) is 4.72 Å². The van der Waals surface area contributed by atoms with Crippen LogP contribution in [0.3, 0.4) is 0 Å². The van der Waals surface area contributed by atoms with Crippen LogP contribution >= 0.6 is 0 Å². The Kier molecular flexibility index (Phi) is 5.88. The van der Waals surface area contributed by atoms with E-state index in [9.17, 15) is 26.4 Å². The first-order valence-corrected chi connectivity index (χ1v) is 8.68. The first kappa shape index (κ1) is 19.7. The maximum atomic E-state index is 13.3. The summed E-state index contributed by atoms with van der Waals surface area (Å²) in [7, 11) is -1.32. The maximum Gasteiger partial charge on any atom is 0.266 e. The Labute approximate surface area is 148 Å². The zero-order valence-electron chi connectivity index (χ0n) is 13.7. The molecule has 10 heteroatoms. The van der Waals surface area contributed by atoms with Gasteiger partial charge in [-0.05, 0) is 43.4 Å². The van der Waals surface area contributed by atoms with Crippen molar-refractivity contribution >= 4 is 21.6 Å². The molecule has 1 amide bonds. The van der Waals surface area contributed by atoms with Gasteiger partial charge in [-0.3, -0.25) is 4.79 Å². The number of methoxy groups -OCH3 is 1. The monoisotopic (exact) mass is 388 g/mol. The van der Waals surface area contributed by atoms with Crippen molar-refractivity contribution in [3.8, 4) is 5.75 Å². The van der Waals surface area contributed by atoms with E-state index >= 15 is 0 Å². The first-order chi connectivity index (χ1) is 12.2. The van der Waals surface area contributed by atoms with Gasteiger partial charge in [0.05, 0.1) is 23.1 Å². The molecule has 0 aliphatic heterocycles. The van der Waals surface area contributed by atoms with Gasteiger partial charge in [-0.15, -0.1) is 0 Å². The predicted molar refractivity (Wildman–Crippen MR) is 88.5 cm³/mol. The van der Waals surface area contributed by atoms with Crippen LogP contribution in [0.15, 0.2) is 41.3 Å². The van der Waals surface area contributed by atoms with Crippen LogP contribution in [0, 0.1) is 5.82 Å². The number of alkyl halides is 2. The van der Waals surface area contributed by atoms with Crippen molar-refractivity contribution in [1.29, 1.82) is 0 Å². The van der Waals surface area contributed by atoms with Gasteiger partial charge in [0.1, 0.15) is 11.6 Å². The number of rotatable bonds is 6. The van der Waals surface area contributed by atoms with Crippen LogP contribution in [0.25, 0.3) is 0 Å². The van der Waals surface area contributed by atoms with E-state index in [1.807, 2.05) is 0 Å². The lowest BCUT2D eigenvalue weighted by Crippen LogP contribution is -2.20. The summed E-state index contributed by atoms with van der Waals surface area (Å²) in [5, 5.41) is 2.32. The third kappa shape index (κ3) is 4.14. The van der Waals surface area contributed by atoms with E-state index in [4.69, 9.17) is 4.74 Å². The zero-order chi connectivity index (χ0) is 19.5. The highest BCUT2D eigenvalue weighted by molar-refractivity contribution is 7.89. The van der Waals surface area contributed by atoms with Gasteiger partial charge in [-0.1, -0.05) is 0 Å². The third-order valence-corrected chi connectivity index (χ3v) is 4.90. The second kappa shape index (κ2) is 7.75. The third-order valence-electron chi connectivity index (χ3n) is 3.48. The lowest BCUT2D eigenvalue weighted by Gasteiger charge is -2.12. The smallest absolute Gasteiger partial charge is 0.266 e. The summed E-state index contributed by atoms with van der Waals surface area (Å²) in [6, 6.07) is 6.33. The highest BCUT2D eigenvalue weighted by atomic mass is 32.2. The molecule has 26 heavy (non-hydrogen) atoms. The number of sulfonamides is 1. The van der Waals surface area contributed by atoms with Gasteiger partial charge in [-0.25, -0.2) is 26.3 Å². The molecule has 0 fully saturated rings. The molecule has 0 saturated carbocycles. The summed E-state index contributed by atoms with van der Waals surface area (Å²) >= 11 is 0. The van der Waals surface area contributed by atoms with E-state index in [2.05, 4.69) is 10.0 Å². The van der Waals surface area contributed by atoms with Crippen molar-refractivity contribution in [3.05, 3.63) is 53.3 Å². The van der Waals surface area contributed by atoms with Gasteiger partial charge in [-0.2, -0.15) is 0 Å². The van der Waals surface area contributed by atoms with Crippen molar-refractivity contribution < 1.29 is 31.1 Å². The van der Waals surface area contributed by atoms with Gasteiger partial charge in [0, 0.05) is 5.69 Å². The second-order valence-electron chi connectivity index (χ2n) is 5.06. The number of hydrogen-bond acceptors (Lipinski definition) is 4. The highest BCUT2D eigenvalue weighted by Gasteiger charge is 2.20. The minimum Gasteiger partial charge on any atom is -0.496 e. The topological polar surface area (TPSA) is 84.5 Å². The summed E-state index contributed by atoms with van der Waals surface area (Å²) in [5.41, 5.74) is -1.07. The average molecular weight is 388 g/mol. The van der Waals surface area contributed by atoms with Gasteiger partial charge >= 0.3 is 0 Å². The highest BCUT2D eigenvalue weighted by Crippen LogP contribution is 2.27. The number of hydrogen-bond donors (Lipinski definition) is 2. The fourth-order valence-electron chi connectivity index (χ4n) is 2.14. The number of anilines is 1. The van der Waals surface area contributed by atoms with Crippen molar-refractivity contribution in [2.75, 3.05) is 19.5 Å². The zero-order valence-corrected chi connectivity index (χ0v) is 14.5. The Morgan fingerprint density at radius 2 is 1.85 bits per heavy atom. The van der Waals surface area contributed by atoms with Gasteiger partial charge < -0.3 is 10.1 Å². The Morgan fingerprint density at radius 3 is 2.42 bits per heavy atom. The van der Waals surface area contributed by atoms with Gasteiger partial charge in [0.25, 0.3) is 12.3 Å². The van der Waals surface area contributed by atoms with E-state index in [0.717, 1.165) is 24.3 Å². The molecule has 0 saturated heterocycles. The number of halogens is 3. The van der Waals surface area contributed by atoms with Crippen LogP contribution in [0.1, 0.15) is 22.3 Å². The molecule has 0 aromatic heterocycles. The van der Waals surface area contributed by atoms with Crippen LogP contribution < -0.4 is 14.8 Å². The molecule has 0 atom stereocenters. The lowest BCUT2D eigenvalue weighted by molar-refractivity contribution is 0.102. The molecule has 2 N–H and O–H groups in total. The predicted octanol–water partition coefficient (Wildman–Crippen LogP) is 2.93. The van der Waals surface area contributed by atoms with Crippen LogP contribution in [0.2, 0.25) is 0 Å². The molecule has 0 aliphatic rings. The summed E-state index contributed by atoms with van der Waals surface area (Å²) in [5.74, 6) is -1.83. The molecule has 0 radical (unpaired) electrons. The summed E-state index contributed by atoms with van der Waals surface area (Å²) < 4.78 is 69.8. The average Bonchev–Trinajstić information content (AvgIpc) is 2.62. The molecule has 0 bridgehead atoms. The van der Waals surface area contributed by atoms with E-state index < -0.39 is 33.7 Å². The Bertz CT molecular complexity index is 933. The minimum atomic E-state index is -3.81. The number of amides is 1.